The van der Waals surface area contributed by atoms with E-state index >= 15 is 0 Å². The van der Waals surface area contributed by atoms with Crippen LogP contribution in [0, 0.1) is 5.92 Å². The van der Waals surface area contributed by atoms with Crippen LogP contribution >= 0.6 is 24.8 Å². The summed E-state index contributed by atoms with van der Waals surface area (Å²) in [5, 5.41) is 7.14. The van der Waals surface area contributed by atoms with Gasteiger partial charge in [0.25, 0.3) is 0 Å². The molecule has 6 heterocycles. The number of halogens is 2. The number of nitrogens with zero attached hydrogens (tertiary/aromatic N) is 6. The van der Waals surface area contributed by atoms with E-state index < -0.39 is 0 Å². The number of nitrogens with two attached hydrogens (primary N) is 2. The summed E-state index contributed by atoms with van der Waals surface area (Å²) in [5.74, 6) is 1.45. The first kappa shape index (κ1) is 38.7. The van der Waals surface area contributed by atoms with Gasteiger partial charge >= 0.3 is 0 Å². The molecule has 0 bridgehead atoms. The van der Waals surface area contributed by atoms with E-state index in [9.17, 15) is 0 Å². The standard InChI is InChI=1S/2C19H21N5O.2ClH/c20-19-18-17(22-12-23-19)5-4-16(24-18)14-3-1-2-13(10-14)11-21-15-6-8-25-9-7-15;20-19-18-17(22-12-23-19)5-4-16(24-18)15-3-1-2-13(8-15)9-21-10-14-6-7-25-11-14;;/h1-5,10,12,15,21H,6-9,11H2,(H2,20,22,23);1-5,8,12,14,21H,6-7,9-11H2,(H2,20,22,23);2*1H. The Morgan fingerprint density at radius 1 is 0.635 bits per heavy atom. The molecule has 6 N–H and O–H groups in total. The van der Waals surface area contributed by atoms with Crippen molar-refractivity contribution in [2.45, 2.75) is 38.4 Å². The van der Waals surface area contributed by atoms with Crippen molar-refractivity contribution < 1.29 is 9.47 Å². The second-order valence-electron chi connectivity index (χ2n) is 12.7. The molecule has 2 fully saturated rings. The van der Waals surface area contributed by atoms with Crippen LogP contribution in [-0.2, 0) is 22.6 Å². The molecule has 12 nitrogen and oxygen atoms in total. The van der Waals surface area contributed by atoms with Gasteiger partial charge in [-0.05, 0) is 72.7 Å². The molecule has 1 unspecified atom stereocenters. The molecule has 2 saturated heterocycles. The molecule has 1 atom stereocenters. The Labute approximate surface area is 315 Å². The van der Waals surface area contributed by atoms with E-state index in [2.05, 4.69) is 89.1 Å². The predicted octanol–water partition coefficient (Wildman–Crippen LogP) is 5.79. The smallest absolute Gasteiger partial charge is 0.153 e. The van der Waals surface area contributed by atoms with Crippen LogP contribution in [0.3, 0.4) is 0 Å². The van der Waals surface area contributed by atoms with Crippen molar-refractivity contribution >= 4 is 58.5 Å². The van der Waals surface area contributed by atoms with Gasteiger partial charge in [-0.1, -0.05) is 36.4 Å². The van der Waals surface area contributed by atoms with Crippen LogP contribution < -0.4 is 22.1 Å². The van der Waals surface area contributed by atoms with Crippen molar-refractivity contribution in [3.8, 4) is 22.5 Å². The van der Waals surface area contributed by atoms with Crippen molar-refractivity contribution in [2.24, 2.45) is 5.92 Å². The maximum Gasteiger partial charge on any atom is 0.153 e. The molecule has 8 rings (SSSR count). The molecular formula is C38H44Cl2N10O2. The van der Waals surface area contributed by atoms with Crippen LogP contribution in [0.1, 0.15) is 30.4 Å². The van der Waals surface area contributed by atoms with Crippen molar-refractivity contribution in [3.63, 3.8) is 0 Å². The number of hydrogen-bond donors (Lipinski definition) is 4. The number of anilines is 2. The number of benzene rings is 2. The summed E-state index contributed by atoms with van der Waals surface area (Å²) in [4.78, 5) is 25.7. The summed E-state index contributed by atoms with van der Waals surface area (Å²) in [7, 11) is 0. The molecule has 2 aliphatic heterocycles. The van der Waals surface area contributed by atoms with Crippen molar-refractivity contribution in [1.82, 2.24) is 40.5 Å². The van der Waals surface area contributed by atoms with Crippen molar-refractivity contribution in [1.29, 1.82) is 0 Å². The molecule has 272 valence electrons. The van der Waals surface area contributed by atoms with E-state index in [0.717, 1.165) is 98.9 Å². The molecule has 2 aliphatic rings. The minimum absolute atomic E-state index is 0. The van der Waals surface area contributed by atoms with Crippen molar-refractivity contribution in [2.75, 3.05) is 44.4 Å². The molecule has 14 heteroatoms. The maximum atomic E-state index is 5.93. The summed E-state index contributed by atoms with van der Waals surface area (Å²) >= 11 is 0. The highest BCUT2D eigenvalue weighted by atomic mass is 35.5. The monoisotopic (exact) mass is 742 g/mol. The molecule has 0 saturated carbocycles. The van der Waals surface area contributed by atoms with Gasteiger partial charge in [-0.15, -0.1) is 24.8 Å². The number of nitrogens with one attached hydrogen (secondary N) is 2. The lowest BCUT2D eigenvalue weighted by molar-refractivity contribution is 0.0776. The molecule has 0 aliphatic carbocycles. The second kappa shape index (κ2) is 18.8. The molecule has 6 aromatic rings. The number of ether oxygens (including phenoxy) is 2. The quantitative estimate of drug-likeness (QED) is 0.141. The Kier molecular flexibility index (Phi) is 14.0. The maximum absolute atomic E-state index is 5.93. The minimum atomic E-state index is 0. The Morgan fingerprint density at radius 3 is 1.75 bits per heavy atom. The number of aromatic nitrogens is 6. The fourth-order valence-corrected chi connectivity index (χ4v) is 6.25. The third kappa shape index (κ3) is 9.85. The molecule has 0 radical (unpaired) electrons. The van der Waals surface area contributed by atoms with Gasteiger partial charge in [0.05, 0.1) is 29.0 Å². The van der Waals surface area contributed by atoms with E-state index in [1.54, 1.807) is 0 Å². The van der Waals surface area contributed by atoms with E-state index in [-0.39, 0.29) is 24.8 Å². The fraction of sp³-hybridized carbons (Fsp3) is 0.316. The third-order valence-electron chi connectivity index (χ3n) is 9.07. The van der Waals surface area contributed by atoms with E-state index in [0.29, 0.717) is 34.6 Å². The van der Waals surface area contributed by atoms with Crippen molar-refractivity contribution in [3.05, 3.63) is 96.6 Å². The minimum Gasteiger partial charge on any atom is -0.382 e. The van der Waals surface area contributed by atoms with E-state index in [4.69, 9.17) is 20.9 Å². The average Bonchev–Trinajstić information content (AvgIpc) is 3.69. The predicted molar refractivity (Wildman–Crippen MR) is 210 cm³/mol. The first-order valence-electron chi connectivity index (χ1n) is 17.1. The van der Waals surface area contributed by atoms with Gasteiger partial charge < -0.3 is 31.6 Å². The number of pyridine rings is 2. The largest absolute Gasteiger partial charge is 0.382 e. The van der Waals surface area contributed by atoms with Gasteiger partial charge in [-0.2, -0.15) is 0 Å². The van der Waals surface area contributed by atoms with Gasteiger partial charge in [-0.25, -0.2) is 29.9 Å². The number of rotatable bonds is 9. The Morgan fingerprint density at radius 2 is 1.19 bits per heavy atom. The van der Waals surface area contributed by atoms with Crippen LogP contribution in [-0.4, -0.2) is 68.9 Å². The highest BCUT2D eigenvalue weighted by Gasteiger charge is 2.15. The number of fused-ring (bicyclic) bond motifs is 2. The molecule has 4 aromatic heterocycles. The molecule has 2 aromatic carbocycles. The van der Waals surface area contributed by atoms with Crippen LogP contribution in [0.15, 0.2) is 85.5 Å². The lowest BCUT2D eigenvalue weighted by Crippen LogP contribution is -2.34. The van der Waals surface area contributed by atoms with Crippen LogP contribution in [0.5, 0.6) is 0 Å². The Balaban J connectivity index is 0.000000194. The van der Waals surface area contributed by atoms with Gasteiger partial charge in [0.15, 0.2) is 11.6 Å². The lowest BCUT2D eigenvalue weighted by Gasteiger charge is -2.23. The van der Waals surface area contributed by atoms with Crippen LogP contribution in [0.4, 0.5) is 11.6 Å². The average molecular weight is 744 g/mol. The summed E-state index contributed by atoms with van der Waals surface area (Å²) in [5.41, 5.74) is 21.0. The zero-order valence-electron chi connectivity index (χ0n) is 28.8. The number of nitrogen functional groups attached to an aromatic ring is 2. The third-order valence-corrected chi connectivity index (χ3v) is 9.07. The summed E-state index contributed by atoms with van der Waals surface area (Å²) < 4.78 is 10.8. The molecular weight excluding hydrogens is 699 g/mol. The van der Waals surface area contributed by atoms with Gasteiger partial charge in [-0.3, -0.25) is 0 Å². The Bertz CT molecular complexity index is 2060. The highest BCUT2D eigenvalue weighted by Crippen LogP contribution is 2.24. The zero-order valence-corrected chi connectivity index (χ0v) is 30.4. The van der Waals surface area contributed by atoms with Gasteiger partial charge in [0, 0.05) is 56.6 Å². The molecule has 0 amide bonds. The summed E-state index contributed by atoms with van der Waals surface area (Å²) in [6.45, 7) is 6.14. The highest BCUT2D eigenvalue weighted by molar-refractivity contribution is 5.87. The van der Waals surface area contributed by atoms with Gasteiger partial charge in [0.2, 0.25) is 0 Å². The van der Waals surface area contributed by atoms with Crippen LogP contribution in [0.2, 0.25) is 0 Å². The Hall–Kier alpha value is -4.56. The molecule has 52 heavy (non-hydrogen) atoms. The fourth-order valence-electron chi connectivity index (χ4n) is 6.25. The SMILES string of the molecule is Cl.Cl.Nc1ncnc2ccc(-c3cccc(CNC4CCOCC4)c3)nc12.Nc1ncnc2ccc(-c3cccc(CNCC4CCOC4)c3)nc12. The zero-order chi connectivity index (χ0) is 34.1. The summed E-state index contributed by atoms with van der Waals surface area (Å²) in [6.07, 6.45) is 6.22. The molecule has 0 spiro atoms. The number of hydrogen-bond acceptors (Lipinski definition) is 12. The first-order chi connectivity index (χ1) is 24.6. The van der Waals surface area contributed by atoms with E-state index in [1.807, 2.05) is 24.3 Å². The summed E-state index contributed by atoms with van der Waals surface area (Å²) in [6, 6.07) is 25.2. The first-order valence-corrected chi connectivity index (χ1v) is 17.1. The van der Waals surface area contributed by atoms with Gasteiger partial charge in [0.1, 0.15) is 23.7 Å². The normalized spacial score (nSPS) is 15.7. The second-order valence-corrected chi connectivity index (χ2v) is 12.7. The lowest BCUT2D eigenvalue weighted by atomic mass is 10.1. The van der Waals surface area contributed by atoms with E-state index in [1.165, 1.54) is 23.8 Å². The van der Waals surface area contributed by atoms with Crippen LogP contribution in [0.25, 0.3) is 44.6 Å². The topological polar surface area (TPSA) is 172 Å².